The molecule has 0 aliphatic carbocycles. The molecule has 0 spiro atoms. The van der Waals surface area contributed by atoms with E-state index in [1.54, 1.807) is 19.1 Å². The van der Waals surface area contributed by atoms with Crippen molar-refractivity contribution in [1.82, 2.24) is 0 Å². The number of hydrogen-bond donors (Lipinski definition) is 1. The molecule has 1 rings (SSSR count). The Morgan fingerprint density at radius 2 is 2.00 bits per heavy atom. The van der Waals surface area contributed by atoms with Gasteiger partial charge in [0.2, 0.25) is 0 Å². The molecule has 4 heteroatoms. The van der Waals surface area contributed by atoms with Gasteiger partial charge in [0, 0.05) is 6.42 Å². The van der Waals surface area contributed by atoms with Crippen LogP contribution < -0.4 is 0 Å². The van der Waals surface area contributed by atoms with E-state index in [-0.39, 0.29) is 24.6 Å². The molecule has 0 aromatic heterocycles. The zero-order valence-electron chi connectivity index (χ0n) is 10.2. The number of carbonyl (C=O) groups is 1. The Hall–Kier alpha value is -1.55. The molecule has 0 saturated carbocycles. The van der Waals surface area contributed by atoms with Gasteiger partial charge in [-0.25, -0.2) is 0 Å². The fourth-order valence-corrected chi connectivity index (χ4v) is 1.34. The minimum absolute atomic E-state index is 0.00801. The Labute approximate surface area is 101 Å². The number of carbonyl (C=O) groups excluding carboxylic acids is 1. The molecule has 1 aromatic carbocycles. The van der Waals surface area contributed by atoms with Crippen LogP contribution in [0.5, 0.6) is 5.75 Å². The molecule has 0 aliphatic rings. The number of rotatable bonds is 6. The molecule has 1 unspecified atom stereocenters. The van der Waals surface area contributed by atoms with Crippen LogP contribution in [0.15, 0.2) is 24.3 Å². The van der Waals surface area contributed by atoms with Crippen LogP contribution in [-0.2, 0) is 20.7 Å². The minimum Gasteiger partial charge on any atom is -0.508 e. The fourth-order valence-electron chi connectivity index (χ4n) is 1.34. The molecule has 17 heavy (non-hydrogen) atoms. The second-order valence-corrected chi connectivity index (χ2v) is 3.84. The van der Waals surface area contributed by atoms with Crippen molar-refractivity contribution >= 4 is 5.97 Å². The summed E-state index contributed by atoms with van der Waals surface area (Å²) < 4.78 is 10.2. The molecule has 0 fully saturated rings. The van der Waals surface area contributed by atoms with Gasteiger partial charge in [-0.2, -0.15) is 0 Å². The van der Waals surface area contributed by atoms with Crippen molar-refractivity contribution in [2.24, 2.45) is 0 Å². The fraction of sp³-hybridized carbons (Fsp3) is 0.462. The van der Waals surface area contributed by atoms with Gasteiger partial charge in [0.05, 0.1) is 6.10 Å². The van der Waals surface area contributed by atoms with Crippen molar-refractivity contribution < 1.29 is 19.4 Å². The molecular weight excluding hydrogens is 220 g/mol. The van der Waals surface area contributed by atoms with Crippen molar-refractivity contribution in [2.45, 2.75) is 32.8 Å². The summed E-state index contributed by atoms with van der Waals surface area (Å²) in [6, 6.07) is 6.96. The van der Waals surface area contributed by atoms with Crippen LogP contribution in [0.4, 0.5) is 0 Å². The van der Waals surface area contributed by atoms with E-state index >= 15 is 0 Å². The molecule has 1 aromatic rings. The van der Waals surface area contributed by atoms with Gasteiger partial charge in [0.25, 0.3) is 0 Å². The molecule has 0 amide bonds. The second kappa shape index (κ2) is 6.91. The van der Waals surface area contributed by atoms with Crippen LogP contribution in [0, 0.1) is 0 Å². The number of aromatic hydroxyl groups is 1. The highest BCUT2D eigenvalue weighted by atomic mass is 16.7. The maximum Gasteiger partial charge on any atom is 0.307 e. The molecule has 0 saturated heterocycles. The van der Waals surface area contributed by atoms with Crippen LogP contribution >= 0.6 is 0 Å². The Morgan fingerprint density at radius 1 is 1.35 bits per heavy atom. The quantitative estimate of drug-likeness (QED) is 0.610. The minimum atomic E-state index is -0.262. The van der Waals surface area contributed by atoms with Crippen molar-refractivity contribution in [2.75, 3.05) is 6.79 Å². The molecule has 94 valence electrons. The van der Waals surface area contributed by atoms with Crippen molar-refractivity contribution in [1.29, 1.82) is 0 Å². The Morgan fingerprint density at radius 3 is 2.59 bits per heavy atom. The Bertz CT molecular complexity index is 345. The third kappa shape index (κ3) is 5.36. The van der Waals surface area contributed by atoms with Gasteiger partial charge in [-0.3, -0.25) is 4.79 Å². The zero-order valence-corrected chi connectivity index (χ0v) is 10.2. The maximum absolute atomic E-state index is 10.9. The largest absolute Gasteiger partial charge is 0.508 e. The average Bonchev–Trinajstić information content (AvgIpc) is 2.32. The number of esters is 1. The number of benzene rings is 1. The Balaban J connectivity index is 2.27. The molecule has 0 bridgehead atoms. The predicted octanol–water partition coefficient (Wildman–Crippen LogP) is 2.25. The molecule has 1 N–H and O–H groups in total. The normalized spacial score (nSPS) is 12.1. The van der Waals surface area contributed by atoms with Gasteiger partial charge in [0.1, 0.15) is 5.75 Å². The van der Waals surface area contributed by atoms with E-state index in [4.69, 9.17) is 14.6 Å². The standard InChI is InChI=1S/C13H18O4/c1-3-13(15)17-9-16-10(2)8-11-4-6-12(14)7-5-11/h4-7,10,14H,3,8-9H2,1-2H3. The van der Waals surface area contributed by atoms with E-state index in [1.807, 2.05) is 19.1 Å². The molecule has 0 aliphatic heterocycles. The lowest BCUT2D eigenvalue weighted by Crippen LogP contribution is -2.16. The smallest absolute Gasteiger partial charge is 0.307 e. The van der Waals surface area contributed by atoms with E-state index in [1.165, 1.54) is 0 Å². The van der Waals surface area contributed by atoms with Gasteiger partial charge in [-0.1, -0.05) is 19.1 Å². The number of hydrogen-bond acceptors (Lipinski definition) is 4. The lowest BCUT2D eigenvalue weighted by molar-refractivity contribution is -0.159. The summed E-state index contributed by atoms with van der Waals surface area (Å²) in [5.74, 6) is -0.0129. The highest BCUT2D eigenvalue weighted by Gasteiger charge is 2.05. The van der Waals surface area contributed by atoms with Crippen LogP contribution in [0.2, 0.25) is 0 Å². The maximum atomic E-state index is 10.9. The average molecular weight is 238 g/mol. The summed E-state index contributed by atoms with van der Waals surface area (Å²) in [4.78, 5) is 10.9. The summed E-state index contributed by atoms with van der Waals surface area (Å²) in [5.41, 5.74) is 1.07. The summed E-state index contributed by atoms with van der Waals surface area (Å²) in [5, 5.41) is 9.13. The Kier molecular flexibility index (Phi) is 5.49. The van der Waals surface area contributed by atoms with Gasteiger partial charge in [0.15, 0.2) is 6.79 Å². The van der Waals surface area contributed by atoms with E-state index in [2.05, 4.69) is 0 Å². The van der Waals surface area contributed by atoms with Crippen molar-refractivity contribution in [3.05, 3.63) is 29.8 Å². The highest BCUT2D eigenvalue weighted by Crippen LogP contribution is 2.12. The molecule has 0 radical (unpaired) electrons. The van der Waals surface area contributed by atoms with E-state index in [9.17, 15) is 4.79 Å². The monoisotopic (exact) mass is 238 g/mol. The number of phenols is 1. The van der Waals surface area contributed by atoms with Crippen molar-refractivity contribution in [3.63, 3.8) is 0 Å². The number of phenolic OH excluding ortho intramolecular Hbond substituents is 1. The van der Waals surface area contributed by atoms with Crippen LogP contribution in [-0.4, -0.2) is 24.0 Å². The topological polar surface area (TPSA) is 55.8 Å². The zero-order chi connectivity index (χ0) is 12.7. The first-order chi connectivity index (χ1) is 8.11. The lowest BCUT2D eigenvalue weighted by atomic mass is 10.1. The van der Waals surface area contributed by atoms with Gasteiger partial charge < -0.3 is 14.6 Å². The predicted molar refractivity (Wildman–Crippen MR) is 63.6 cm³/mol. The van der Waals surface area contributed by atoms with Crippen LogP contribution in [0.3, 0.4) is 0 Å². The van der Waals surface area contributed by atoms with Gasteiger partial charge >= 0.3 is 5.97 Å². The number of ether oxygens (including phenoxy) is 2. The lowest BCUT2D eigenvalue weighted by Gasteiger charge is -2.13. The molecule has 4 nitrogen and oxygen atoms in total. The van der Waals surface area contributed by atoms with Gasteiger partial charge in [-0.05, 0) is 31.0 Å². The molecule has 1 atom stereocenters. The van der Waals surface area contributed by atoms with E-state index < -0.39 is 0 Å². The van der Waals surface area contributed by atoms with Crippen molar-refractivity contribution in [3.8, 4) is 5.75 Å². The second-order valence-electron chi connectivity index (χ2n) is 3.84. The van der Waals surface area contributed by atoms with Gasteiger partial charge in [-0.15, -0.1) is 0 Å². The summed E-state index contributed by atoms with van der Waals surface area (Å²) in [6.45, 7) is 3.64. The molecule has 0 heterocycles. The summed E-state index contributed by atoms with van der Waals surface area (Å²) >= 11 is 0. The first kappa shape index (κ1) is 13.5. The third-order valence-electron chi connectivity index (χ3n) is 2.32. The summed E-state index contributed by atoms with van der Waals surface area (Å²) in [7, 11) is 0. The first-order valence-corrected chi connectivity index (χ1v) is 5.67. The van der Waals surface area contributed by atoms with E-state index in [0.29, 0.717) is 12.8 Å². The summed E-state index contributed by atoms with van der Waals surface area (Å²) in [6.07, 6.45) is 1.03. The van der Waals surface area contributed by atoms with E-state index in [0.717, 1.165) is 5.56 Å². The SMILES string of the molecule is CCC(=O)OCOC(C)Cc1ccc(O)cc1. The van der Waals surface area contributed by atoms with Crippen LogP contribution in [0.25, 0.3) is 0 Å². The third-order valence-corrected chi connectivity index (χ3v) is 2.32. The van der Waals surface area contributed by atoms with Crippen LogP contribution in [0.1, 0.15) is 25.8 Å². The molecular formula is C13H18O4. The first-order valence-electron chi connectivity index (χ1n) is 5.67. The highest BCUT2D eigenvalue weighted by molar-refractivity contribution is 5.68.